The summed E-state index contributed by atoms with van der Waals surface area (Å²) in [5.74, 6) is 0.700. The molecule has 20 heavy (non-hydrogen) atoms. The SMILES string of the molecule is COc1cccc(C(=O)N2CC3CCCNC3C2)c1O. The van der Waals surface area contributed by atoms with Gasteiger partial charge in [0.15, 0.2) is 11.5 Å². The third-order valence-electron chi connectivity index (χ3n) is 4.34. The molecule has 0 spiro atoms. The number of benzene rings is 1. The summed E-state index contributed by atoms with van der Waals surface area (Å²) >= 11 is 0. The standard InChI is InChI=1S/C15H20N2O3/c1-20-13-6-2-5-11(14(13)18)15(19)17-8-10-4-3-7-16-12(10)9-17/h2,5-6,10,12,16,18H,3-4,7-9H2,1H3. The second-order valence-corrected chi connectivity index (χ2v) is 5.53. The summed E-state index contributed by atoms with van der Waals surface area (Å²) in [6.07, 6.45) is 2.35. The number of likely N-dealkylation sites (tertiary alicyclic amines) is 1. The van der Waals surface area contributed by atoms with E-state index in [0.29, 0.717) is 23.3 Å². The van der Waals surface area contributed by atoms with Crippen LogP contribution in [0.3, 0.4) is 0 Å². The maximum atomic E-state index is 12.6. The molecule has 3 rings (SSSR count). The van der Waals surface area contributed by atoms with E-state index in [4.69, 9.17) is 4.74 Å². The molecule has 0 bridgehead atoms. The number of methoxy groups -OCH3 is 1. The van der Waals surface area contributed by atoms with Crippen LogP contribution in [0.5, 0.6) is 11.5 Å². The number of phenolic OH excluding ortho intramolecular Hbond substituents is 1. The molecule has 2 aliphatic rings. The highest BCUT2D eigenvalue weighted by Gasteiger charge is 2.37. The van der Waals surface area contributed by atoms with Gasteiger partial charge in [-0.05, 0) is 37.4 Å². The Morgan fingerprint density at radius 3 is 3.05 bits per heavy atom. The molecular weight excluding hydrogens is 256 g/mol. The Morgan fingerprint density at radius 2 is 2.30 bits per heavy atom. The lowest BCUT2D eigenvalue weighted by Gasteiger charge is -2.24. The number of piperidine rings is 1. The molecule has 2 aliphatic heterocycles. The van der Waals surface area contributed by atoms with E-state index >= 15 is 0 Å². The lowest BCUT2D eigenvalue weighted by molar-refractivity contribution is 0.0782. The van der Waals surface area contributed by atoms with E-state index in [2.05, 4.69) is 5.32 Å². The van der Waals surface area contributed by atoms with Crippen molar-refractivity contribution in [1.29, 1.82) is 0 Å². The molecule has 0 radical (unpaired) electrons. The fourth-order valence-corrected chi connectivity index (χ4v) is 3.24. The Balaban J connectivity index is 1.80. The minimum absolute atomic E-state index is 0.0668. The van der Waals surface area contributed by atoms with Crippen molar-refractivity contribution in [1.82, 2.24) is 10.2 Å². The Labute approximate surface area is 118 Å². The van der Waals surface area contributed by atoms with Crippen LogP contribution in [0.2, 0.25) is 0 Å². The van der Waals surface area contributed by atoms with Gasteiger partial charge in [0.2, 0.25) is 0 Å². The topological polar surface area (TPSA) is 61.8 Å². The first-order chi connectivity index (χ1) is 9.70. The minimum Gasteiger partial charge on any atom is -0.504 e. The number of nitrogens with one attached hydrogen (secondary N) is 1. The average Bonchev–Trinajstić information content (AvgIpc) is 2.90. The largest absolute Gasteiger partial charge is 0.504 e. The van der Waals surface area contributed by atoms with Gasteiger partial charge in [0.05, 0.1) is 12.7 Å². The fraction of sp³-hybridized carbons (Fsp3) is 0.533. The molecule has 0 saturated carbocycles. The summed E-state index contributed by atoms with van der Waals surface area (Å²) in [4.78, 5) is 14.4. The molecule has 0 aromatic heterocycles. The minimum atomic E-state index is -0.113. The maximum Gasteiger partial charge on any atom is 0.257 e. The number of rotatable bonds is 2. The summed E-state index contributed by atoms with van der Waals surface area (Å²) in [6.45, 7) is 2.53. The zero-order valence-electron chi connectivity index (χ0n) is 11.6. The van der Waals surface area contributed by atoms with Gasteiger partial charge in [-0.2, -0.15) is 0 Å². The number of carbonyl (C=O) groups excluding carboxylic acids is 1. The number of hydrogen-bond donors (Lipinski definition) is 2. The third kappa shape index (κ3) is 2.22. The lowest BCUT2D eigenvalue weighted by Crippen LogP contribution is -2.41. The number of amides is 1. The number of aromatic hydroxyl groups is 1. The molecular formula is C15H20N2O3. The first-order valence-electron chi connectivity index (χ1n) is 7.09. The lowest BCUT2D eigenvalue weighted by atomic mass is 9.94. The average molecular weight is 276 g/mol. The molecule has 1 aromatic rings. The first-order valence-corrected chi connectivity index (χ1v) is 7.09. The van der Waals surface area contributed by atoms with Crippen molar-refractivity contribution in [2.24, 2.45) is 5.92 Å². The molecule has 2 N–H and O–H groups in total. The molecule has 2 unspecified atom stereocenters. The van der Waals surface area contributed by atoms with Crippen LogP contribution in [-0.2, 0) is 0 Å². The number of para-hydroxylation sites is 1. The smallest absolute Gasteiger partial charge is 0.257 e. The van der Waals surface area contributed by atoms with Crippen molar-refractivity contribution < 1.29 is 14.6 Å². The summed E-state index contributed by atoms with van der Waals surface area (Å²) in [6, 6.07) is 5.43. The van der Waals surface area contributed by atoms with Gasteiger partial charge >= 0.3 is 0 Å². The number of ether oxygens (including phenoxy) is 1. The summed E-state index contributed by atoms with van der Waals surface area (Å²) in [5.41, 5.74) is 0.322. The second kappa shape index (κ2) is 5.32. The summed E-state index contributed by atoms with van der Waals surface area (Å²) in [7, 11) is 1.48. The number of carbonyl (C=O) groups is 1. The molecule has 5 heteroatoms. The van der Waals surface area contributed by atoms with Crippen LogP contribution in [0.15, 0.2) is 18.2 Å². The quantitative estimate of drug-likeness (QED) is 0.853. The van der Waals surface area contributed by atoms with E-state index in [1.54, 1.807) is 18.2 Å². The number of hydrogen-bond acceptors (Lipinski definition) is 4. The van der Waals surface area contributed by atoms with E-state index in [1.165, 1.54) is 20.0 Å². The van der Waals surface area contributed by atoms with Crippen LogP contribution in [0.1, 0.15) is 23.2 Å². The molecule has 2 atom stereocenters. The van der Waals surface area contributed by atoms with E-state index in [-0.39, 0.29) is 11.7 Å². The zero-order valence-corrected chi connectivity index (χ0v) is 11.6. The van der Waals surface area contributed by atoms with E-state index < -0.39 is 0 Å². The van der Waals surface area contributed by atoms with Crippen LogP contribution in [-0.4, -0.2) is 48.7 Å². The monoisotopic (exact) mass is 276 g/mol. The maximum absolute atomic E-state index is 12.6. The number of fused-ring (bicyclic) bond motifs is 1. The predicted octanol–water partition coefficient (Wildman–Crippen LogP) is 1.22. The van der Waals surface area contributed by atoms with Crippen molar-refractivity contribution in [3.63, 3.8) is 0 Å². The molecule has 0 aliphatic carbocycles. The van der Waals surface area contributed by atoms with Crippen LogP contribution in [0, 0.1) is 5.92 Å². The van der Waals surface area contributed by atoms with Gasteiger partial charge in [0, 0.05) is 19.1 Å². The van der Waals surface area contributed by atoms with Crippen molar-refractivity contribution in [2.75, 3.05) is 26.7 Å². The second-order valence-electron chi connectivity index (χ2n) is 5.53. The van der Waals surface area contributed by atoms with E-state index in [0.717, 1.165) is 19.6 Å². The van der Waals surface area contributed by atoms with Gasteiger partial charge in [0.1, 0.15) is 0 Å². The predicted molar refractivity (Wildman–Crippen MR) is 75.1 cm³/mol. The van der Waals surface area contributed by atoms with Crippen molar-refractivity contribution in [3.05, 3.63) is 23.8 Å². The third-order valence-corrected chi connectivity index (χ3v) is 4.34. The fourth-order valence-electron chi connectivity index (χ4n) is 3.24. The van der Waals surface area contributed by atoms with Crippen LogP contribution in [0.4, 0.5) is 0 Å². The molecule has 5 nitrogen and oxygen atoms in total. The molecule has 2 heterocycles. The Hall–Kier alpha value is -1.75. The number of phenols is 1. The summed E-state index contributed by atoms with van der Waals surface area (Å²) in [5, 5.41) is 13.6. The van der Waals surface area contributed by atoms with Crippen molar-refractivity contribution in [2.45, 2.75) is 18.9 Å². The molecule has 2 saturated heterocycles. The van der Waals surface area contributed by atoms with Crippen LogP contribution < -0.4 is 10.1 Å². The highest BCUT2D eigenvalue weighted by atomic mass is 16.5. The molecule has 2 fully saturated rings. The number of nitrogens with zero attached hydrogens (tertiary/aromatic N) is 1. The van der Waals surface area contributed by atoms with Gasteiger partial charge in [-0.25, -0.2) is 0 Å². The van der Waals surface area contributed by atoms with Gasteiger partial charge in [-0.3, -0.25) is 4.79 Å². The first kappa shape index (κ1) is 13.2. The summed E-state index contributed by atoms with van der Waals surface area (Å²) < 4.78 is 5.06. The molecule has 108 valence electrons. The van der Waals surface area contributed by atoms with Gasteiger partial charge in [-0.15, -0.1) is 0 Å². The highest BCUT2D eigenvalue weighted by Crippen LogP contribution is 2.32. The van der Waals surface area contributed by atoms with Crippen LogP contribution in [0.25, 0.3) is 0 Å². The van der Waals surface area contributed by atoms with Crippen LogP contribution >= 0.6 is 0 Å². The Kier molecular flexibility index (Phi) is 3.53. The van der Waals surface area contributed by atoms with Gasteiger partial charge in [-0.1, -0.05) is 6.07 Å². The molecule has 1 aromatic carbocycles. The van der Waals surface area contributed by atoms with E-state index in [9.17, 15) is 9.90 Å². The normalized spacial score (nSPS) is 25.4. The zero-order chi connectivity index (χ0) is 14.1. The van der Waals surface area contributed by atoms with E-state index in [1.807, 2.05) is 4.90 Å². The molecule has 1 amide bonds. The van der Waals surface area contributed by atoms with Crippen molar-refractivity contribution in [3.8, 4) is 11.5 Å². The van der Waals surface area contributed by atoms with Gasteiger partial charge < -0.3 is 20.1 Å². The Bertz CT molecular complexity index is 504. The highest BCUT2D eigenvalue weighted by molar-refractivity contribution is 5.97. The van der Waals surface area contributed by atoms with Crippen molar-refractivity contribution >= 4 is 5.91 Å². The Morgan fingerprint density at radius 1 is 1.45 bits per heavy atom. The van der Waals surface area contributed by atoms with Gasteiger partial charge in [0.25, 0.3) is 5.91 Å².